The number of aliphatic hydroxyl groups is 1. The lowest BCUT2D eigenvalue weighted by molar-refractivity contribution is 0.170. The Labute approximate surface area is 66.1 Å². The van der Waals surface area contributed by atoms with Crippen LogP contribution in [0, 0.1) is 0 Å². The van der Waals surface area contributed by atoms with Crippen LogP contribution in [0.3, 0.4) is 0 Å². The zero-order valence-electron chi connectivity index (χ0n) is 6.49. The predicted octanol–water partition coefficient (Wildman–Crippen LogP) is 1.84. The molecule has 60 valence electrons. The van der Waals surface area contributed by atoms with Gasteiger partial charge in [-0.2, -0.15) is 0 Å². The van der Waals surface area contributed by atoms with E-state index in [-0.39, 0.29) is 5.75 Å². The highest BCUT2D eigenvalue weighted by molar-refractivity contribution is 5.33. The van der Waals surface area contributed by atoms with Gasteiger partial charge in [-0.3, -0.25) is 0 Å². The molecule has 1 rings (SSSR count). The first-order chi connectivity index (χ1) is 5.25. The van der Waals surface area contributed by atoms with Gasteiger partial charge < -0.3 is 10.2 Å². The number of phenols is 1. The van der Waals surface area contributed by atoms with Crippen molar-refractivity contribution in [3.8, 4) is 5.75 Å². The van der Waals surface area contributed by atoms with Crippen LogP contribution >= 0.6 is 0 Å². The van der Waals surface area contributed by atoms with E-state index in [0.717, 1.165) is 0 Å². The van der Waals surface area contributed by atoms with Crippen molar-refractivity contribution in [3.63, 3.8) is 0 Å². The molecular formula is C9H12O2. The molecule has 0 spiro atoms. The van der Waals surface area contributed by atoms with Crippen molar-refractivity contribution in [2.75, 3.05) is 0 Å². The van der Waals surface area contributed by atoms with Gasteiger partial charge in [0.15, 0.2) is 0 Å². The van der Waals surface area contributed by atoms with E-state index in [4.69, 9.17) is 0 Å². The van der Waals surface area contributed by atoms with Gasteiger partial charge in [0.25, 0.3) is 0 Å². The van der Waals surface area contributed by atoms with E-state index in [2.05, 4.69) is 0 Å². The molecule has 1 atom stereocenters. The third kappa shape index (κ3) is 1.71. The maximum Gasteiger partial charge on any atom is 0.121 e. The second-order valence-electron chi connectivity index (χ2n) is 2.48. The highest BCUT2D eigenvalue weighted by atomic mass is 16.3. The summed E-state index contributed by atoms with van der Waals surface area (Å²) in [7, 11) is 0. The summed E-state index contributed by atoms with van der Waals surface area (Å²) >= 11 is 0. The minimum absolute atomic E-state index is 0.168. The van der Waals surface area contributed by atoms with Crippen molar-refractivity contribution in [1.82, 2.24) is 0 Å². The van der Waals surface area contributed by atoms with E-state index < -0.39 is 6.10 Å². The second kappa shape index (κ2) is 3.39. The third-order valence-corrected chi connectivity index (χ3v) is 1.68. The van der Waals surface area contributed by atoms with Gasteiger partial charge in [-0.25, -0.2) is 0 Å². The van der Waals surface area contributed by atoms with Crippen molar-refractivity contribution in [3.05, 3.63) is 29.8 Å². The van der Waals surface area contributed by atoms with Gasteiger partial charge in [-0.1, -0.05) is 25.1 Å². The number of benzene rings is 1. The Kier molecular flexibility index (Phi) is 2.49. The Morgan fingerprint density at radius 3 is 2.55 bits per heavy atom. The van der Waals surface area contributed by atoms with Crippen molar-refractivity contribution in [1.29, 1.82) is 0 Å². The van der Waals surface area contributed by atoms with E-state index in [1.807, 2.05) is 6.92 Å². The number of hydrogen-bond acceptors (Lipinski definition) is 2. The molecule has 0 heterocycles. The van der Waals surface area contributed by atoms with Crippen LogP contribution in [0.4, 0.5) is 0 Å². The highest BCUT2D eigenvalue weighted by Crippen LogP contribution is 2.24. The van der Waals surface area contributed by atoms with Crippen molar-refractivity contribution in [2.24, 2.45) is 0 Å². The number of aromatic hydroxyl groups is 1. The lowest BCUT2D eigenvalue weighted by Crippen LogP contribution is -1.94. The van der Waals surface area contributed by atoms with E-state index in [1.165, 1.54) is 0 Å². The molecule has 0 saturated carbocycles. The zero-order chi connectivity index (χ0) is 8.27. The lowest BCUT2D eigenvalue weighted by atomic mass is 10.1. The van der Waals surface area contributed by atoms with Gasteiger partial charge in [-0.05, 0) is 12.5 Å². The number of para-hydroxylation sites is 1. The average Bonchev–Trinajstić information content (AvgIpc) is 2.04. The third-order valence-electron chi connectivity index (χ3n) is 1.68. The van der Waals surface area contributed by atoms with Crippen LogP contribution in [0.5, 0.6) is 5.75 Å². The minimum Gasteiger partial charge on any atom is -0.508 e. The molecule has 2 nitrogen and oxygen atoms in total. The maximum absolute atomic E-state index is 9.35. The molecule has 0 fully saturated rings. The maximum atomic E-state index is 9.35. The Morgan fingerprint density at radius 2 is 2.00 bits per heavy atom. The molecule has 0 aliphatic rings. The van der Waals surface area contributed by atoms with Gasteiger partial charge in [0.2, 0.25) is 0 Å². The van der Waals surface area contributed by atoms with Gasteiger partial charge in [0, 0.05) is 5.56 Å². The summed E-state index contributed by atoms with van der Waals surface area (Å²) in [4.78, 5) is 0. The van der Waals surface area contributed by atoms with Crippen LogP contribution in [0.25, 0.3) is 0 Å². The number of hydrogen-bond donors (Lipinski definition) is 2. The van der Waals surface area contributed by atoms with Crippen LogP contribution < -0.4 is 0 Å². The SMILES string of the molecule is CC[C@H](O)c1ccccc1O. The highest BCUT2D eigenvalue weighted by Gasteiger charge is 2.07. The van der Waals surface area contributed by atoms with E-state index in [0.29, 0.717) is 12.0 Å². The topological polar surface area (TPSA) is 40.5 Å². The summed E-state index contributed by atoms with van der Waals surface area (Å²) in [6.07, 6.45) is 0.0774. The van der Waals surface area contributed by atoms with Crippen LogP contribution in [-0.2, 0) is 0 Å². The summed E-state index contributed by atoms with van der Waals surface area (Å²) in [5, 5.41) is 18.6. The molecule has 0 amide bonds. The first-order valence-electron chi connectivity index (χ1n) is 3.71. The molecule has 11 heavy (non-hydrogen) atoms. The van der Waals surface area contributed by atoms with Crippen molar-refractivity contribution < 1.29 is 10.2 Å². The summed E-state index contributed by atoms with van der Waals surface area (Å²) in [5.41, 5.74) is 0.606. The van der Waals surface area contributed by atoms with E-state index in [1.54, 1.807) is 24.3 Å². The Morgan fingerprint density at radius 1 is 1.36 bits per heavy atom. The fraction of sp³-hybridized carbons (Fsp3) is 0.333. The fourth-order valence-electron chi connectivity index (χ4n) is 0.989. The van der Waals surface area contributed by atoms with Crippen molar-refractivity contribution >= 4 is 0 Å². The first kappa shape index (κ1) is 8.08. The number of aliphatic hydroxyl groups excluding tert-OH is 1. The molecule has 0 aromatic heterocycles. The van der Waals surface area contributed by atoms with Crippen LogP contribution in [-0.4, -0.2) is 10.2 Å². The summed E-state index contributed by atoms with van der Waals surface area (Å²) in [6, 6.07) is 6.84. The molecule has 0 aliphatic carbocycles. The Hall–Kier alpha value is -1.02. The smallest absolute Gasteiger partial charge is 0.121 e. The summed E-state index contributed by atoms with van der Waals surface area (Å²) in [6.45, 7) is 1.87. The molecule has 0 bridgehead atoms. The van der Waals surface area contributed by atoms with Gasteiger partial charge >= 0.3 is 0 Å². The summed E-state index contributed by atoms with van der Waals surface area (Å²) < 4.78 is 0. The Balaban J connectivity index is 2.93. The quantitative estimate of drug-likeness (QED) is 0.678. The van der Waals surface area contributed by atoms with Gasteiger partial charge in [-0.15, -0.1) is 0 Å². The van der Waals surface area contributed by atoms with E-state index in [9.17, 15) is 10.2 Å². The predicted molar refractivity (Wildman–Crippen MR) is 43.4 cm³/mol. The standard InChI is InChI=1S/C9H12O2/c1-2-8(10)7-5-3-4-6-9(7)11/h3-6,8,10-11H,2H2,1H3/t8-/m0/s1. The molecule has 1 aromatic carbocycles. The van der Waals surface area contributed by atoms with Crippen LogP contribution in [0.2, 0.25) is 0 Å². The molecule has 2 heteroatoms. The molecular weight excluding hydrogens is 140 g/mol. The monoisotopic (exact) mass is 152 g/mol. The molecule has 2 N–H and O–H groups in total. The van der Waals surface area contributed by atoms with Crippen molar-refractivity contribution in [2.45, 2.75) is 19.4 Å². The molecule has 0 radical (unpaired) electrons. The van der Waals surface area contributed by atoms with Gasteiger partial charge in [0.05, 0.1) is 6.10 Å². The number of rotatable bonds is 2. The Bertz CT molecular complexity index is 233. The van der Waals surface area contributed by atoms with Crippen LogP contribution in [0.15, 0.2) is 24.3 Å². The summed E-state index contributed by atoms with van der Waals surface area (Å²) in [5.74, 6) is 0.168. The molecule has 0 aliphatic heterocycles. The molecule has 0 saturated heterocycles. The largest absolute Gasteiger partial charge is 0.508 e. The first-order valence-corrected chi connectivity index (χ1v) is 3.71. The normalized spacial score (nSPS) is 12.9. The number of phenolic OH excluding ortho intramolecular Hbond substituents is 1. The van der Waals surface area contributed by atoms with Crippen LogP contribution in [0.1, 0.15) is 25.0 Å². The zero-order valence-corrected chi connectivity index (χ0v) is 6.49. The molecule has 0 unspecified atom stereocenters. The molecule has 1 aromatic rings. The van der Waals surface area contributed by atoms with Gasteiger partial charge in [0.1, 0.15) is 5.75 Å². The van der Waals surface area contributed by atoms with E-state index >= 15 is 0 Å². The lowest BCUT2D eigenvalue weighted by Gasteiger charge is -2.08. The second-order valence-corrected chi connectivity index (χ2v) is 2.48. The average molecular weight is 152 g/mol. The minimum atomic E-state index is -0.545. The fourth-order valence-corrected chi connectivity index (χ4v) is 0.989.